The van der Waals surface area contributed by atoms with Gasteiger partial charge in [-0.05, 0) is 12.8 Å². The summed E-state index contributed by atoms with van der Waals surface area (Å²) < 4.78 is 48.1. The Kier molecular flexibility index (Phi) is 3.82. The van der Waals surface area contributed by atoms with Gasteiger partial charge in [0.05, 0.1) is 22.8 Å². The van der Waals surface area contributed by atoms with Crippen molar-refractivity contribution < 1.29 is 27.7 Å². The minimum atomic E-state index is -2.71. The molecule has 4 rings (SSSR count). The number of ether oxygens (including phenoxy) is 1. The fourth-order valence-electron chi connectivity index (χ4n) is 2.99. The number of aromatic nitrogens is 3. The molecule has 0 N–H and O–H groups in total. The van der Waals surface area contributed by atoms with Crippen LogP contribution in [0.4, 0.5) is 13.2 Å². The SMILES string of the molecule is [O-]c1c2[n+](nn1-c1cc(OCC3CC3(F)F)c(Cl)cc1F)CCCC2. The highest BCUT2D eigenvalue weighted by molar-refractivity contribution is 6.32. The zero-order valence-electron chi connectivity index (χ0n) is 13.1. The number of hydrogen-bond donors (Lipinski definition) is 0. The van der Waals surface area contributed by atoms with E-state index >= 15 is 0 Å². The molecule has 1 aromatic heterocycles. The van der Waals surface area contributed by atoms with Gasteiger partial charge >= 0.3 is 0 Å². The number of nitrogens with zero attached hydrogens (tertiary/aromatic N) is 3. The molecule has 1 fully saturated rings. The minimum Gasteiger partial charge on any atom is -0.838 e. The summed E-state index contributed by atoms with van der Waals surface area (Å²) in [6.45, 7) is 0.388. The summed E-state index contributed by atoms with van der Waals surface area (Å²) in [5.74, 6) is -4.64. The van der Waals surface area contributed by atoms with Crippen LogP contribution < -0.4 is 14.5 Å². The molecule has 134 valence electrons. The van der Waals surface area contributed by atoms with E-state index < -0.39 is 17.7 Å². The molecule has 1 unspecified atom stereocenters. The molecule has 9 heteroatoms. The highest BCUT2D eigenvalue weighted by atomic mass is 35.5. The van der Waals surface area contributed by atoms with E-state index in [1.807, 2.05) is 0 Å². The molecule has 25 heavy (non-hydrogen) atoms. The van der Waals surface area contributed by atoms with Gasteiger partial charge < -0.3 is 9.84 Å². The summed E-state index contributed by atoms with van der Waals surface area (Å²) in [6.07, 6.45) is 2.15. The van der Waals surface area contributed by atoms with Crippen LogP contribution in [0.15, 0.2) is 12.1 Å². The standard InChI is InChI=1S/C16H15ClF3N3O2/c17-10-5-11(18)13(6-14(10)25-8-9-7-16(9,19)20)23-15(24)12-3-1-2-4-22(12)21-23/h5-6,9H,1-4,7-8H2. The van der Waals surface area contributed by atoms with E-state index in [1.165, 1.54) is 6.07 Å². The number of rotatable bonds is 4. The third kappa shape index (κ3) is 2.92. The van der Waals surface area contributed by atoms with E-state index in [4.69, 9.17) is 16.3 Å². The number of fused-ring (bicyclic) bond motifs is 1. The van der Waals surface area contributed by atoms with E-state index in [1.54, 1.807) is 4.68 Å². The summed E-state index contributed by atoms with van der Waals surface area (Å²) in [4.78, 5) is 0. The van der Waals surface area contributed by atoms with Gasteiger partial charge in [-0.15, -0.1) is 9.36 Å². The highest BCUT2D eigenvalue weighted by Crippen LogP contribution is 2.48. The van der Waals surface area contributed by atoms with Crippen molar-refractivity contribution >= 4 is 11.6 Å². The van der Waals surface area contributed by atoms with Crippen LogP contribution in [0.1, 0.15) is 25.0 Å². The Hall–Kier alpha value is -1.96. The van der Waals surface area contributed by atoms with Gasteiger partial charge in [0.1, 0.15) is 18.2 Å². The zero-order chi connectivity index (χ0) is 17.8. The molecule has 5 nitrogen and oxygen atoms in total. The minimum absolute atomic E-state index is 0.0396. The van der Waals surface area contributed by atoms with E-state index in [2.05, 4.69) is 5.21 Å². The van der Waals surface area contributed by atoms with Crippen LogP contribution in [0.25, 0.3) is 5.69 Å². The average molecular weight is 374 g/mol. The second-order valence-corrected chi connectivity index (χ2v) is 6.85. The summed E-state index contributed by atoms with van der Waals surface area (Å²) in [5.41, 5.74) is 0.426. The molecular formula is C16H15ClF3N3O2. The summed E-state index contributed by atoms with van der Waals surface area (Å²) in [5, 5.41) is 16.6. The zero-order valence-corrected chi connectivity index (χ0v) is 13.9. The predicted molar refractivity (Wildman–Crippen MR) is 79.7 cm³/mol. The van der Waals surface area contributed by atoms with Crippen molar-refractivity contribution in [2.45, 2.75) is 38.2 Å². The Balaban J connectivity index is 1.65. The Morgan fingerprint density at radius 3 is 2.84 bits per heavy atom. The maximum absolute atomic E-state index is 14.3. The number of hydrogen-bond acceptors (Lipinski definition) is 3. The molecule has 2 aliphatic rings. The van der Waals surface area contributed by atoms with Gasteiger partial charge in [-0.2, -0.15) is 0 Å². The molecule has 1 aliphatic carbocycles. The first-order chi connectivity index (χ1) is 11.9. The summed E-state index contributed by atoms with van der Waals surface area (Å²) in [7, 11) is 0. The van der Waals surface area contributed by atoms with Gasteiger partial charge in [-0.1, -0.05) is 11.6 Å². The third-order valence-electron chi connectivity index (χ3n) is 4.61. The first kappa shape index (κ1) is 16.5. The molecule has 0 amide bonds. The van der Waals surface area contributed by atoms with Crippen molar-refractivity contribution in [2.24, 2.45) is 5.92 Å². The Labute approximate surface area is 146 Å². The lowest BCUT2D eigenvalue weighted by atomic mass is 10.1. The fourth-order valence-corrected chi connectivity index (χ4v) is 3.20. The fraction of sp³-hybridized carbons (Fsp3) is 0.500. The summed E-state index contributed by atoms with van der Waals surface area (Å²) >= 11 is 5.94. The molecule has 0 radical (unpaired) electrons. The third-order valence-corrected chi connectivity index (χ3v) is 4.90. The Bertz CT molecular complexity index is 841. The Morgan fingerprint density at radius 1 is 1.40 bits per heavy atom. The van der Waals surface area contributed by atoms with E-state index in [0.717, 1.165) is 23.6 Å². The van der Waals surface area contributed by atoms with Crippen molar-refractivity contribution in [3.63, 3.8) is 0 Å². The van der Waals surface area contributed by atoms with E-state index in [0.29, 0.717) is 18.7 Å². The molecular weight excluding hydrogens is 359 g/mol. The van der Waals surface area contributed by atoms with Crippen LogP contribution in [0.5, 0.6) is 11.6 Å². The monoisotopic (exact) mass is 373 g/mol. The molecule has 1 saturated carbocycles. The van der Waals surface area contributed by atoms with Crippen LogP contribution in [0, 0.1) is 11.7 Å². The van der Waals surface area contributed by atoms with Gasteiger partial charge in [0.2, 0.25) is 0 Å². The van der Waals surface area contributed by atoms with E-state index in [9.17, 15) is 18.3 Å². The highest BCUT2D eigenvalue weighted by Gasteiger charge is 2.57. The van der Waals surface area contributed by atoms with Crippen molar-refractivity contribution in [3.8, 4) is 17.3 Å². The molecule has 1 aliphatic heterocycles. The molecule has 1 atom stereocenters. The first-order valence-electron chi connectivity index (χ1n) is 8.06. The van der Waals surface area contributed by atoms with Gasteiger partial charge in [-0.3, -0.25) is 0 Å². The van der Waals surface area contributed by atoms with Gasteiger partial charge in [0, 0.05) is 25.0 Å². The van der Waals surface area contributed by atoms with Gasteiger partial charge in [0.15, 0.2) is 17.2 Å². The molecule has 0 saturated heterocycles. The largest absolute Gasteiger partial charge is 0.838 e. The van der Waals surface area contributed by atoms with Crippen molar-refractivity contribution in [3.05, 3.63) is 28.7 Å². The summed E-state index contributed by atoms with van der Waals surface area (Å²) in [6, 6.07) is 2.24. The lowest BCUT2D eigenvalue weighted by Crippen LogP contribution is -2.42. The van der Waals surface area contributed by atoms with Crippen LogP contribution >= 0.6 is 11.6 Å². The predicted octanol–water partition coefficient (Wildman–Crippen LogP) is 2.40. The number of aryl methyl sites for hydroxylation is 1. The second-order valence-electron chi connectivity index (χ2n) is 6.44. The van der Waals surface area contributed by atoms with Crippen molar-refractivity contribution in [1.29, 1.82) is 0 Å². The molecule has 2 heterocycles. The smallest absolute Gasteiger partial charge is 0.255 e. The van der Waals surface area contributed by atoms with Gasteiger partial charge in [0.25, 0.3) is 5.92 Å². The lowest BCUT2D eigenvalue weighted by molar-refractivity contribution is -0.765. The maximum atomic E-state index is 14.3. The van der Waals surface area contributed by atoms with Crippen molar-refractivity contribution in [1.82, 2.24) is 9.90 Å². The number of benzene rings is 1. The van der Waals surface area contributed by atoms with Crippen LogP contribution in [-0.4, -0.2) is 22.4 Å². The lowest BCUT2D eigenvalue weighted by Gasteiger charge is -2.10. The van der Waals surface area contributed by atoms with Crippen LogP contribution in [-0.2, 0) is 13.0 Å². The molecule has 1 aromatic carbocycles. The van der Waals surface area contributed by atoms with Gasteiger partial charge in [-0.25, -0.2) is 13.2 Å². The van der Waals surface area contributed by atoms with Crippen molar-refractivity contribution in [2.75, 3.05) is 6.61 Å². The Morgan fingerprint density at radius 2 is 2.16 bits per heavy atom. The molecule has 0 spiro atoms. The normalized spacial score (nSPS) is 21.0. The topological polar surface area (TPSA) is 54.0 Å². The molecule has 2 aromatic rings. The second kappa shape index (κ2) is 5.79. The van der Waals surface area contributed by atoms with E-state index in [-0.39, 0.29) is 35.4 Å². The quantitative estimate of drug-likeness (QED) is 0.773. The molecule has 0 bridgehead atoms. The van der Waals surface area contributed by atoms with Crippen LogP contribution in [0.2, 0.25) is 5.02 Å². The maximum Gasteiger partial charge on any atom is 0.255 e. The first-order valence-corrected chi connectivity index (χ1v) is 8.43. The number of alkyl halides is 2. The average Bonchev–Trinajstić information content (AvgIpc) is 3.04. The number of halogens is 4. The van der Waals surface area contributed by atoms with Crippen LogP contribution in [0.3, 0.4) is 0 Å².